The molecule has 2 N–H and O–H groups in total. The maximum atomic E-state index is 13.6. The third kappa shape index (κ3) is 2.00. The summed E-state index contributed by atoms with van der Waals surface area (Å²) in [6, 6.07) is 3.35. The second-order valence-corrected chi connectivity index (χ2v) is 4.10. The molecule has 0 spiro atoms. The zero-order valence-corrected chi connectivity index (χ0v) is 9.61. The highest BCUT2D eigenvalue weighted by atomic mass is 19.1. The Morgan fingerprint density at radius 2 is 2.00 bits per heavy atom. The van der Waals surface area contributed by atoms with Crippen LogP contribution in [-0.2, 0) is 0 Å². The molecule has 0 amide bonds. The molecule has 0 unspecified atom stereocenters. The van der Waals surface area contributed by atoms with Crippen LogP contribution in [0.25, 0.3) is 11.3 Å². The number of nitrogens with zero attached hydrogens (tertiary/aromatic N) is 2. The summed E-state index contributed by atoms with van der Waals surface area (Å²) in [5.41, 5.74) is 6.23. The summed E-state index contributed by atoms with van der Waals surface area (Å²) in [5.74, 6) is -0.712. The van der Waals surface area contributed by atoms with E-state index in [-0.39, 0.29) is 17.3 Å². The fourth-order valence-electron chi connectivity index (χ4n) is 1.67. The van der Waals surface area contributed by atoms with Crippen LogP contribution in [0, 0.1) is 11.6 Å². The van der Waals surface area contributed by atoms with Crippen LogP contribution in [0.2, 0.25) is 0 Å². The van der Waals surface area contributed by atoms with Crippen molar-refractivity contribution in [1.82, 2.24) is 9.55 Å². The van der Waals surface area contributed by atoms with E-state index in [1.54, 1.807) is 4.57 Å². The van der Waals surface area contributed by atoms with Gasteiger partial charge in [-0.3, -0.25) is 0 Å². The van der Waals surface area contributed by atoms with Gasteiger partial charge >= 0.3 is 0 Å². The molecular formula is C12H13F2N3. The Labute approximate surface area is 97.9 Å². The number of hydrogen-bond acceptors (Lipinski definition) is 2. The summed E-state index contributed by atoms with van der Waals surface area (Å²) in [6.45, 7) is 3.87. The van der Waals surface area contributed by atoms with Gasteiger partial charge in [-0.1, -0.05) is 0 Å². The number of anilines is 1. The molecule has 0 aliphatic rings. The van der Waals surface area contributed by atoms with Crippen LogP contribution in [0.5, 0.6) is 0 Å². The van der Waals surface area contributed by atoms with Crippen molar-refractivity contribution < 1.29 is 8.78 Å². The molecule has 0 bridgehead atoms. The van der Waals surface area contributed by atoms with Gasteiger partial charge in [0.05, 0.1) is 6.33 Å². The first-order chi connectivity index (χ1) is 8.00. The van der Waals surface area contributed by atoms with E-state index < -0.39 is 11.6 Å². The van der Waals surface area contributed by atoms with Crippen molar-refractivity contribution in [3.05, 3.63) is 36.2 Å². The molecule has 5 heteroatoms. The zero-order valence-electron chi connectivity index (χ0n) is 9.61. The summed E-state index contributed by atoms with van der Waals surface area (Å²) < 4.78 is 28.4. The average molecular weight is 237 g/mol. The third-order valence-corrected chi connectivity index (χ3v) is 2.57. The number of hydrogen-bond donors (Lipinski definition) is 1. The number of imidazole rings is 1. The monoisotopic (exact) mass is 237 g/mol. The fraction of sp³-hybridized carbons (Fsp3) is 0.250. The standard InChI is InChI=1S/C12H13F2N3/c1-7(2)17-6-16-11(12(17)15)9-5-8(13)3-4-10(9)14/h3-7H,15H2,1-2H3. The van der Waals surface area contributed by atoms with E-state index in [4.69, 9.17) is 5.73 Å². The van der Waals surface area contributed by atoms with E-state index >= 15 is 0 Å². The van der Waals surface area contributed by atoms with Gasteiger partial charge in [0, 0.05) is 11.6 Å². The van der Waals surface area contributed by atoms with Crippen molar-refractivity contribution in [3.8, 4) is 11.3 Å². The predicted octanol–water partition coefficient (Wildman–Crippen LogP) is 2.99. The lowest BCUT2D eigenvalue weighted by molar-refractivity contribution is 0.602. The molecule has 0 aliphatic carbocycles. The average Bonchev–Trinajstić information content (AvgIpc) is 2.64. The van der Waals surface area contributed by atoms with Gasteiger partial charge in [0.25, 0.3) is 0 Å². The molecule has 0 atom stereocenters. The van der Waals surface area contributed by atoms with Gasteiger partial charge in [0.15, 0.2) is 0 Å². The molecule has 1 aromatic carbocycles. The number of halogens is 2. The number of nitrogen functional groups attached to an aromatic ring is 1. The van der Waals surface area contributed by atoms with Crippen LogP contribution < -0.4 is 5.73 Å². The van der Waals surface area contributed by atoms with Crippen LogP contribution >= 0.6 is 0 Å². The number of benzene rings is 1. The van der Waals surface area contributed by atoms with Crippen LogP contribution in [0.4, 0.5) is 14.6 Å². The second kappa shape index (κ2) is 4.16. The Kier molecular flexibility index (Phi) is 2.83. The minimum absolute atomic E-state index is 0.0851. The van der Waals surface area contributed by atoms with Gasteiger partial charge in [0.1, 0.15) is 23.1 Å². The molecule has 1 aromatic heterocycles. The van der Waals surface area contributed by atoms with Gasteiger partial charge in [-0.05, 0) is 32.0 Å². The lowest BCUT2D eigenvalue weighted by Gasteiger charge is -2.09. The molecule has 2 aromatic rings. The van der Waals surface area contributed by atoms with Gasteiger partial charge in [-0.2, -0.15) is 0 Å². The fourth-order valence-corrected chi connectivity index (χ4v) is 1.67. The lowest BCUT2D eigenvalue weighted by Crippen LogP contribution is -2.04. The van der Waals surface area contributed by atoms with Crippen LogP contribution in [0.1, 0.15) is 19.9 Å². The van der Waals surface area contributed by atoms with Crippen molar-refractivity contribution in [2.45, 2.75) is 19.9 Å². The topological polar surface area (TPSA) is 43.8 Å². The Morgan fingerprint density at radius 3 is 2.59 bits per heavy atom. The molecular weight excluding hydrogens is 224 g/mol. The molecule has 2 rings (SSSR count). The van der Waals surface area contributed by atoms with Gasteiger partial charge in [0.2, 0.25) is 0 Å². The van der Waals surface area contributed by atoms with E-state index in [0.29, 0.717) is 5.82 Å². The summed E-state index contributed by atoms with van der Waals surface area (Å²) in [5, 5.41) is 0. The van der Waals surface area contributed by atoms with Gasteiger partial charge in [-0.15, -0.1) is 0 Å². The number of rotatable bonds is 2. The summed E-state index contributed by atoms with van der Waals surface area (Å²) in [4.78, 5) is 4.04. The highest BCUT2D eigenvalue weighted by Gasteiger charge is 2.15. The molecule has 0 radical (unpaired) electrons. The van der Waals surface area contributed by atoms with E-state index in [0.717, 1.165) is 18.2 Å². The zero-order chi connectivity index (χ0) is 12.6. The third-order valence-electron chi connectivity index (χ3n) is 2.57. The molecule has 17 heavy (non-hydrogen) atoms. The summed E-state index contributed by atoms with van der Waals surface area (Å²) in [7, 11) is 0. The van der Waals surface area contributed by atoms with Crippen LogP contribution in [0.15, 0.2) is 24.5 Å². The molecule has 0 saturated heterocycles. The highest BCUT2D eigenvalue weighted by molar-refractivity contribution is 5.71. The van der Waals surface area contributed by atoms with Gasteiger partial charge < -0.3 is 10.3 Å². The smallest absolute Gasteiger partial charge is 0.132 e. The maximum Gasteiger partial charge on any atom is 0.132 e. The molecule has 3 nitrogen and oxygen atoms in total. The second-order valence-electron chi connectivity index (χ2n) is 4.10. The van der Waals surface area contributed by atoms with Crippen molar-refractivity contribution in [2.24, 2.45) is 0 Å². The first-order valence-electron chi connectivity index (χ1n) is 5.28. The number of aromatic nitrogens is 2. The van der Waals surface area contributed by atoms with Crippen LogP contribution in [0.3, 0.4) is 0 Å². The summed E-state index contributed by atoms with van der Waals surface area (Å²) in [6.07, 6.45) is 1.53. The SMILES string of the molecule is CC(C)n1cnc(-c2cc(F)ccc2F)c1N. The first-order valence-corrected chi connectivity index (χ1v) is 5.28. The van der Waals surface area contributed by atoms with E-state index in [9.17, 15) is 8.78 Å². The molecule has 1 heterocycles. The van der Waals surface area contributed by atoms with E-state index in [2.05, 4.69) is 4.98 Å². The van der Waals surface area contributed by atoms with E-state index in [1.165, 1.54) is 6.33 Å². The van der Waals surface area contributed by atoms with Crippen molar-refractivity contribution in [1.29, 1.82) is 0 Å². The largest absolute Gasteiger partial charge is 0.383 e. The van der Waals surface area contributed by atoms with Crippen LogP contribution in [-0.4, -0.2) is 9.55 Å². The quantitative estimate of drug-likeness (QED) is 0.872. The van der Waals surface area contributed by atoms with Crippen molar-refractivity contribution in [2.75, 3.05) is 5.73 Å². The Balaban J connectivity index is 2.57. The molecule has 0 fully saturated rings. The van der Waals surface area contributed by atoms with Crippen molar-refractivity contribution in [3.63, 3.8) is 0 Å². The number of nitrogens with two attached hydrogens (primary N) is 1. The first kappa shape index (κ1) is 11.6. The maximum absolute atomic E-state index is 13.6. The summed E-state index contributed by atoms with van der Waals surface area (Å²) >= 11 is 0. The normalized spacial score (nSPS) is 11.1. The molecule has 0 aliphatic heterocycles. The predicted molar refractivity (Wildman–Crippen MR) is 62.4 cm³/mol. The molecule has 0 saturated carbocycles. The van der Waals surface area contributed by atoms with E-state index in [1.807, 2.05) is 13.8 Å². The Morgan fingerprint density at radius 1 is 1.29 bits per heavy atom. The van der Waals surface area contributed by atoms with Crippen molar-refractivity contribution >= 4 is 5.82 Å². The highest BCUT2D eigenvalue weighted by Crippen LogP contribution is 2.28. The minimum atomic E-state index is -0.535. The minimum Gasteiger partial charge on any atom is -0.383 e. The Hall–Kier alpha value is -1.91. The van der Waals surface area contributed by atoms with Gasteiger partial charge in [-0.25, -0.2) is 13.8 Å². The lowest BCUT2D eigenvalue weighted by atomic mass is 10.1. The molecule has 90 valence electrons. The Bertz CT molecular complexity index is 547.